The summed E-state index contributed by atoms with van der Waals surface area (Å²) in [5, 5.41) is 25.0. The van der Waals surface area contributed by atoms with Gasteiger partial charge in [0, 0.05) is 43.2 Å². The molecule has 2 aliphatic heterocycles. The van der Waals surface area contributed by atoms with Gasteiger partial charge in [0.1, 0.15) is 41.8 Å². The summed E-state index contributed by atoms with van der Waals surface area (Å²) in [7, 11) is 0. The van der Waals surface area contributed by atoms with E-state index in [0.29, 0.717) is 59.5 Å². The molecule has 0 aromatic heterocycles. The van der Waals surface area contributed by atoms with E-state index in [-0.39, 0.29) is 70.5 Å². The van der Waals surface area contributed by atoms with E-state index in [9.17, 15) is 15.0 Å². The number of aldehydes is 1. The van der Waals surface area contributed by atoms with Crippen molar-refractivity contribution in [2.24, 2.45) is 22.9 Å². The summed E-state index contributed by atoms with van der Waals surface area (Å²) < 4.78 is 44.7. The molecule has 6 unspecified atom stereocenters. The zero-order chi connectivity index (χ0) is 49.1. The Kier molecular flexibility index (Phi) is 16.6. The highest BCUT2D eigenvalue weighted by Gasteiger charge is 2.66. The maximum atomic E-state index is 15.1. The van der Waals surface area contributed by atoms with Gasteiger partial charge in [-0.2, -0.15) is 0 Å². The molecular formula is C56H66N2O12. The van der Waals surface area contributed by atoms with Crippen LogP contribution in [0.2, 0.25) is 0 Å². The van der Waals surface area contributed by atoms with E-state index in [1.807, 2.05) is 87.5 Å². The molecule has 2 heterocycles. The Morgan fingerprint density at radius 3 is 2.41 bits per heavy atom. The summed E-state index contributed by atoms with van der Waals surface area (Å²) in [5.41, 5.74) is 4.01. The molecule has 14 heteroatoms. The van der Waals surface area contributed by atoms with Crippen molar-refractivity contribution in [3.63, 3.8) is 0 Å². The Morgan fingerprint density at radius 1 is 0.871 bits per heavy atom. The van der Waals surface area contributed by atoms with Gasteiger partial charge < -0.3 is 48.2 Å². The van der Waals surface area contributed by atoms with Gasteiger partial charge in [0.15, 0.2) is 11.5 Å². The number of allylic oxidation sites excluding steroid dienone is 1. The highest BCUT2D eigenvalue weighted by Crippen LogP contribution is 2.62. The van der Waals surface area contributed by atoms with E-state index in [2.05, 4.69) is 12.7 Å². The number of hydrogen-bond donors (Lipinski definition) is 2. The molecule has 2 aliphatic carbocycles. The Labute approximate surface area is 410 Å². The quantitative estimate of drug-likeness (QED) is 0.0313. The molecule has 0 spiro atoms. The Morgan fingerprint density at radius 2 is 1.64 bits per heavy atom. The molecular weight excluding hydrogens is 893 g/mol. The summed E-state index contributed by atoms with van der Waals surface area (Å²) in [5.74, 6) is 0.333. The summed E-state index contributed by atoms with van der Waals surface area (Å²) in [6.45, 7) is 10.8. The fraction of sp³-hybridized carbons (Fsp3) is 0.446. The lowest BCUT2D eigenvalue weighted by atomic mass is 9.55. The molecule has 4 aliphatic rings. The van der Waals surface area contributed by atoms with Crippen molar-refractivity contribution in [1.82, 2.24) is 4.90 Å². The van der Waals surface area contributed by atoms with Crippen LogP contribution in [0.5, 0.6) is 28.7 Å². The average Bonchev–Trinajstić information content (AvgIpc) is 3.84. The molecule has 372 valence electrons. The molecule has 14 nitrogen and oxygen atoms in total. The highest BCUT2D eigenvalue weighted by atomic mass is 16.7. The van der Waals surface area contributed by atoms with E-state index >= 15 is 4.79 Å². The molecule has 0 saturated heterocycles. The maximum Gasteiger partial charge on any atom is 0.410 e. The zero-order valence-electron chi connectivity index (χ0n) is 40.5. The van der Waals surface area contributed by atoms with Crippen molar-refractivity contribution < 1.29 is 57.8 Å². The number of rotatable bonds is 23. The van der Waals surface area contributed by atoms with E-state index in [1.165, 1.54) is 0 Å². The van der Waals surface area contributed by atoms with Gasteiger partial charge >= 0.3 is 6.09 Å². The first-order valence-corrected chi connectivity index (χ1v) is 24.5. The number of amides is 1. The number of oxime groups is 1. The molecule has 0 radical (unpaired) electrons. The summed E-state index contributed by atoms with van der Waals surface area (Å²) in [4.78, 5) is 34.9. The molecule has 8 rings (SSSR count). The van der Waals surface area contributed by atoms with E-state index in [1.54, 1.807) is 35.2 Å². The van der Waals surface area contributed by atoms with Crippen LogP contribution >= 0.6 is 0 Å². The van der Waals surface area contributed by atoms with Crippen LogP contribution in [0.1, 0.15) is 98.7 Å². The van der Waals surface area contributed by atoms with Gasteiger partial charge in [-0.3, -0.25) is 9.69 Å². The topological polar surface area (TPSA) is 164 Å². The van der Waals surface area contributed by atoms with Gasteiger partial charge in [-0.15, -0.1) is 6.58 Å². The molecule has 1 amide bonds. The minimum absolute atomic E-state index is 0.0142. The van der Waals surface area contributed by atoms with Crippen molar-refractivity contribution in [2.75, 3.05) is 39.8 Å². The van der Waals surface area contributed by atoms with Crippen LogP contribution in [-0.2, 0) is 32.2 Å². The molecule has 6 atom stereocenters. The van der Waals surface area contributed by atoms with Crippen LogP contribution in [0.15, 0.2) is 120 Å². The van der Waals surface area contributed by atoms with Crippen LogP contribution in [0.3, 0.4) is 0 Å². The molecule has 2 N–H and O–H groups in total. The number of benzene rings is 4. The Bertz CT molecular complexity index is 2490. The fourth-order valence-corrected chi connectivity index (χ4v) is 10.3. The van der Waals surface area contributed by atoms with Crippen LogP contribution in [0.4, 0.5) is 4.79 Å². The number of carbonyl (C=O) groups excluding carboxylic acids is 2. The highest BCUT2D eigenvalue weighted by molar-refractivity contribution is 6.03. The first-order chi connectivity index (χ1) is 34.0. The Balaban J connectivity index is 1.29. The maximum absolute atomic E-state index is 15.1. The lowest BCUT2D eigenvalue weighted by molar-refractivity contribution is -0.256. The third-order valence-corrected chi connectivity index (χ3v) is 13.3. The molecule has 4 aromatic carbocycles. The van der Waals surface area contributed by atoms with Gasteiger partial charge in [0.2, 0.25) is 12.6 Å². The third-order valence-electron chi connectivity index (χ3n) is 13.3. The number of aliphatic hydroxyl groups excluding tert-OH is 2. The van der Waals surface area contributed by atoms with Gasteiger partial charge in [-0.05, 0) is 117 Å². The van der Waals surface area contributed by atoms with E-state index in [4.69, 9.17) is 43.2 Å². The second-order valence-corrected chi connectivity index (χ2v) is 19.2. The molecule has 0 bridgehead atoms. The number of ether oxygens (including phenoxy) is 7. The van der Waals surface area contributed by atoms with Gasteiger partial charge in [-0.1, -0.05) is 78.7 Å². The lowest BCUT2D eigenvalue weighted by Gasteiger charge is -2.60. The van der Waals surface area contributed by atoms with Crippen molar-refractivity contribution in [2.45, 2.75) is 102 Å². The standard InChI is InChI=1S/C56H66N2O12/c1-5-26-67-56-51(58(34-39-20-22-49-50(30-39)66-37-65-49)54(62)64-28-27-63-36-38-14-7-6-8-15-38)33-47(57-70-55(2,3)4)45-31-41(17-9-11-24-59)44(19-10-12-25-60)52(53(45)56)46-32-43(21-23-48(46)69-56)68-42-18-13-16-40(29-42)35-61/h5-8,13-16,18,20-23,29-32,35,41,44,51-53,59-60H,1,9-12,17,19,24-28,33-34,36-37H2,2-4H3. The predicted molar refractivity (Wildman–Crippen MR) is 263 cm³/mol. The van der Waals surface area contributed by atoms with Gasteiger partial charge in [-0.25, -0.2) is 4.79 Å². The van der Waals surface area contributed by atoms with Crippen molar-refractivity contribution in [1.29, 1.82) is 0 Å². The first kappa shape index (κ1) is 50.2. The minimum atomic E-state index is -1.55. The van der Waals surface area contributed by atoms with Crippen LogP contribution < -0.4 is 18.9 Å². The van der Waals surface area contributed by atoms with Crippen LogP contribution in [0, 0.1) is 17.8 Å². The monoisotopic (exact) mass is 958 g/mol. The molecule has 1 fully saturated rings. The molecule has 70 heavy (non-hydrogen) atoms. The van der Waals surface area contributed by atoms with E-state index < -0.39 is 29.4 Å². The number of hydrogen-bond acceptors (Lipinski definition) is 13. The fourth-order valence-electron chi connectivity index (χ4n) is 10.3. The number of fused-ring (bicyclic) bond motifs is 3. The number of aliphatic hydroxyl groups is 2. The molecule has 1 saturated carbocycles. The van der Waals surface area contributed by atoms with Crippen molar-refractivity contribution in [3.05, 3.63) is 138 Å². The SMILES string of the molecule is C=CCOC12Oc3ccc(Oc4cccc(C=O)c4)cc3C3C(CCCCO)C(CCCCO)C=C(C(=NOC(C)(C)C)CC1N(Cc1ccc4c(c1)OCO4)C(=O)OCCOCc1ccccc1)C32. The predicted octanol–water partition coefficient (Wildman–Crippen LogP) is 10.3. The third kappa shape index (κ3) is 11.7. The second kappa shape index (κ2) is 23.2. The number of nitrogens with zero attached hydrogens (tertiary/aromatic N) is 2. The first-order valence-electron chi connectivity index (χ1n) is 24.5. The van der Waals surface area contributed by atoms with Gasteiger partial charge in [0.05, 0.1) is 31.5 Å². The number of unbranched alkanes of at least 4 members (excludes halogenated alkanes) is 2. The molecule has 4 aromatic rings. The van der Waals surface area contributed by atoms with Crippen molar-refractivity contribution >= 4 is 18.1 Å². The lowest BCUT2D eigenvalue weighted by Crippen LogP contribution is -2.70. The Hall–Kier alpha value is -6.19. The number of carbonyl (C=O) groups is 2. The van der Waals surface area contributed by atoms with Crippen LogP contribution in [-0.4, -0.2) is 90.5 Å². The van der Waals surface area contributed by atoms with Gasteiger partial charge in [0.25, 0.3) is 0 Å². The summed E-state index contributed by atoms with van der Waals surface area (Å²) >= 11 is 0. The second-order valence-electron chi connectivity index (χ2n) is 19.2. The van der Waals surface area contributed by atoms with Crippen molar-refractivity contribution in [3.8, 4) is 28.7 Å². The zero-order valence-corrected chi connectivity index (χ0v) is 40.5. The summed E-state index contributed by atoms with van der Waals surface area (Å²) in [6, 6.07) is 27.3. The van der Waals surface area contributed by atoms with Crippen LogP contribution in [0.25, 0.3) is 0 Å². The largest absolute Gasteiger partial charge is 0.459 e. The minimum Gasteiger partial charge on any atom is -0.459 e. The summed E-state index contributed by atoms with van der Waals surface area (Å²) in [6.07, 6.45) is 8.66. The average molecular weight is 959 g/mol. The normalized spacial score (nSPS) is 22.5. The smallest absolute Gasteiger partial charge is 0.410 e. The van der Waals surface area contributed by atoms with E-state index in [0.717, 1.165) is 54.2 Å².